The quantitative estimate of drug-likeness (QED) is 0.663. The van der Waals surface area contributed by atoms with Crippen molar-refractivity contribution >= 4 is 23.1 Å². The maximum atomic E-state index is 9.27. The first-order chi connectivity index (χ1) is 8.63. The van der Waals surface area contributed by atoms with Crippen molar-refractivity contribution in [3.8, 4) is 5.75 Å². The van der Waals surface area contributed by atoms with Crippen LogP contribution >= 0.6 is 11.8 Å². The smallest absolute Gasteiger partial charge is 0.144 e. The standard InChI is InChI=1S/C13H22N2O2S/c1-4-17-11-7-5-6-10(13(11)14)15-9(2)12(8-16)18-3/h5-7,9,12,15-16H,4,8,14H2,1-3H3. The normalized spacial score (nSPS) is 14.0. The van der Waals surface area contributed by atoms with Gasteiger partial charge in [0.1, 0.15) is 5.75 Å². The number of ether oxygens (including phenoxy) is 1. The molecule has 0 radical (unpaired) electrons. The van der Waals surface area contributed by atoms with Crippen LogP contribution in [0.15, 0.2) is 18.2 Å². The van der Waals surface area contributed by atoms with Crippen LogP contribution in [-0.2, 0) is 0 Å². The Kier molecular flexibility index (Phi) is 6.15. The van der Waals surface area contributed by atoms with Crippen LogP contribution in [0.4, 0.5) is 11.4 Å². The topological polar surface area (TPSA) is 67.5 Å². The summed E-state index contributed by atoms with van der Waals surface area (Å²) in [5.74, 6) is 0.694. The lowest BCUT2D eigenvalue weighted by Gasteiger charge is -2.23. The van der Waals surface area contributed by atoms with Crippen molar-refractivity contribution in [2.24, 2.45) is 0 Å². The van der Waals surface area contributed by atoms with Crippen LogP contribution in [0, 0.1) is 0 Å². The van der Waals surface area contributed by atoms with Crippen LogP contribution in [0.2, 0.25) is 0 Å². The minimum Gasteiger partial charge on any atom is -0.492 e. The summed E-state index contributed by atoms with van der Waals surface area (Å²) >= 11 is 1.63. The molecule has 0 spiro atoms. The van der Waals surface area contributed by atoms with Gasteiger partial charge < -0.3 is 20.9 Å². The van der Waals surface area contributed by atoms with E-state index in [1.54, 1.807) is 11.8 Å². The van der Waals surface area contributed by atoms with E-state index in [1.165, 1.54) is 0 Å². The lowest BCUT2D eigenvalue weighted by molar-refractivity contribution is 0.288. The van der Waals surface area contributed by atoms with E-state index in [-0.39, 0.29) is 17.9 Å². The SMILES string of the molecule is CCOc1cccc(NC(C)C(CO)SC)c1N. The number of aliphatic hydroxyl groups excluding tert-OH is 1. The van der Waals surface area contributed by atoms with Gasteiger partial charge in [0.05, 0.1) is 24.6 Å². The molecular formula is C13H22N2O2S. The molecule has 0 amide bonds. The number of rotatable bonds is 7. The van der Waals surface area contributed by atoms with E-state index in [4.69, 9.17) is 10.5 Å². The van der Waals surface area contributed by atoms with E-state index in [9.17, 15) is 5.11 Å². The second-order valence-corrected chi connectivity index (χ2v) is 5.12. The molecule has 18 heavy (non-hydrogen) atoms. The summed E-state index contributed by atoms with van der Waals surface area (Å²) in [4.78, 5) is 0. The lowest BCUT2D eigenvalue weighted by atomic mass is 10.2. The second kappa shape index (κ2) is 7.38. The van der Waals surface area contributed by atoms with Crippen LogP contribution < -0.4 is 15.8 Å². The highest BCUT2D eigenvalue weighted by Gasteiger charge is 2.16. The molecule has 0 aromatic heterocycles. The number of nitrogens with one attached hydrogen (secondary N) is 1. The lowest BCUT2D eigenvalue weighted by Crippen LogP contribution is -2.31. The molecule has 5 heteroatoms. The van der Waals surface area contributed by atoms with Gasteiger partial charge in [0, 0.05) is 11.3 Å². The fourth-order valence-corrected chi connectivity index (χ4v) is 2.35. The summed E-state index contributed by atoms with van der Waals surface area (Å²) in [5.41, 5.74) is 7.51. The molecule has 0 aliphatic heterocycles. The molecule has 1 aromatic carbocycles. The summed E-state index contributed by atoms with van der Waals surface area (Å²) in [7, 11) is 0. The highest BCUT2D eigenvalue weighted by Crippen LogP contribution is 2.30. The molecule has 2 atom stereocenters. The van der Waals surface area contributed by atoms with Gasteiger partial charge in [-0.1, -0.05) is 6.07 Å². The van der Waals surface area contributed by atoms with E-state index in [2.05, 4.69) is 5.32 Å². The van der Waals surface area contributed by atoms with Crippen molar-refractivity contribution in [2.45, 2.75) is 25.1 Å². The van der Waals surface area contributed by atoms with Crippen LogP contribution in [-0.4, -0.2) is 35.9 Å². The van der Waals surface area contributed by atoms with Crippen LogP contribution in [0.5, 0.6) is 5.75 Å². The zero-order chi connectivity index (χ0) is 13.5. The molecular weight excluding hydrogens is 248 g/mol. The molecule has 0 heterocycles. The first-order valence-corrected chi connectivity index (χ1v) is 7.34. The van der Waals surface area contributed by atoms with Gasteiger partial charge in [0.2, 0.25) is 0 Å². The van der Waals surface area contributed by atoms with E-state index in [0.29, 0.717) is 18.0 Å². The van der Waals surface area contributed by atoms with E-state index < -0.39 is 0 Å². The van der Waals surface area contributed by atoms with E-state index in [0.717, 1.165) is 5.69 Å². The van der Waals surface area contributed by atoms with Crippen molar-refractivity contribution in [1.29, 1.82) is 0 Å². The Bertz CT molecular complexity index is 370. The molecule has 0 saturated carbocycles. The first kappa shape index (κ1) is 15.0. The van der Waals surface area contributed by atoms with Crippen molar-refractivity contribution in [2.75, 3.05) is 30.5 Å². The molecule has 2 unspecified atom stereocenters. The Hall–Kier alpha value is -1.07. The average Bonchev–Trinajstić information content (AvgIpc) is 2.36. The molecule has 1 aromatic rings. The van der Waals surface area contributed by atoms with Crippen molar-refractivity contribution < 1.29 is 9.84 Å². The molecule has 0 bridgehead atoms. The fourth-order valence-electron chi connectivity index (χ4n) is 1.73. The average molecular weight is 270 g/mol. The zero-order valence-electron chi connectivity index (χ0n) is 11.1. The van der Waals surface area contributed by atoms with Gasteiger partial charge in [0.25, 0.3) is 0 Å². The number of benzene rings is 1. The summed E-state index contributed by atoms with van der Waals surface area (Å²) in [6.07, 6.45) is 1.99. The Labute approximate surface area is 113 Å². The molecule has 4 nitrogen and oxygen atoms in total. The number of aliphatic hydroxyl groups is 1. The molecule has 4 N–H and O–H groups in total. The molecule has 0 saturated heterocycles. The zero-order valence-corrected chi connectivity index (χ0v) is 12.0. The number of hydrogen-bond acceptors (Lipinski definition) is 5. The maximum Gasteiger partial charge on any atom is 0.144 e. The van der Waals surface area contributed by atoms with Crippen molar-refractivity contribution in [1.82, 2.24) is 0 Å². The summed E-state index contributed by atoms with van der Waals surface area (Å²) in [6.45, 7) is 4.69. The first-order valence-electron chi connectivity index (χ1n) is 6.05. The summed E-state index contributed by atoms with van der Waals surface area (Å²) in [5, 5.41) is 12.7. The minimum atomic E-state index is 0.129. The van der Waals surface area contributed by atoms with Crippen LogP contribution in [0.1, 0.15) is 13.8 Å². The predicted molar refractivity (Wildman–Crippen MR) is 79.5 cm³/mol. The molecule has 0 aliphatic rings. The van der Waals surface area contributed by atoms with Crippen LogP contribution in [0.25, 0.3) is 0 Å². The van der Waals surface area contributed by atoms with Gasteiger partial charge in [-0.05, 0) is 32.2 Å². The third-order valence-electron chi connectivity index (χ3n) is 2.79. The van der Waals surface area contributed by atoms with E-state index >= 15 is 0 Å². The molecule has 0 aliphatic carbocycles. The molecule has 0 fully saturated rings. The number of nitrogen functional groups attached to an aromatic ring is 1. The number of anilines is 2. The number of nitrogens with two attached hydrogens (primary N) is 1. The molecule has 102 valence electrons. The Balaban J connectivity index is 2.81. The Morgan fingerprint density at radius 3 is 2.78 bits per heavy atom. The summed E-state index contributed by atoms with van der Waals surface area (Å²) < 4.78 is 5.45. The Morgan fingerprint density at radius 1 is 1.50 bits per heavy atom. The largest absolute Gasteiger partial charge is 0.492 e. The van der Waals surface area contributed by atoms with Crippen LogP contribution in [0.3, 0.4) is 0 Å². The van der Waals surface area contributed by atoms with Crippen molar-refractivity contribution in [3.63, 3.8) is 0 Å². The highest BCUT2D eigenvalue weighted by atomic mass is 32.2. The monoisotopic (exact) mass is 270 g/mol. The summed E-state index contributed by atoms with van der Waals surface area (Å²) in [6, 6.07) is 5.81. The minimum absolute atomic E-state index is 0.129. The molecule has 1 rings (SSSR count). The van der Waals surface area contributed by atoms with Gasteiger partial charge in [0.15, 0.2) is 0 Å². The van der Waals surface area contributed by atoms with Gasteiger partial charge in [-0.25, -0.2) is 0 Å². The van der Waals surface area contributed by atoms with Gasteiger partial charge in [-0.3, -0.25) is 0 Å². The van der Waals surface area contributed by atoms with E-state index in [1.807, 2.05) is 38.3 Å². The van der Waals surface area contributed by atoms with Gasteiger partial charge in [-0.15, -0.1) is 0 Å². The predicted octanol–water partition coefficient (Wildman–Crippen LogP) is 2.19. The number of thioether (sulfide) groups is 1. The van der Waals surface area contributed by atoms with Gasteiger partial charge >= 0.3 is 0 Å². The van der Waals surface area contributed by atoms with Gasteiger partial charge in [-0.2, -0.15) is 11.8 Å². The van der Waals surface area contributed by atoms with Crippen molar-refractivity contribution in [3.05, 3.63) is 18.2 Å². The number of hydrogen-bond donors (Lipinski definition) is 3. The third-order valence-corrected chi connectivity index (χ3v) is 3.95. The number of para-hydroxylation sites is 1. The highest BCUT2D eigenvalue weighted by molar-refractivity contribution is 7.99. The Morgan fingerprint density at radius 2 is 2.22 bits per heavy atom. The maximum absolute atomic E-state index is 9.27. The second-order valence-electron chi connectivity index (χ2n) is 4.04. The third kappa shape index (κ3) is 3.71. The fraction of sp³-hybridized carbons (Fsp3) is 0.538.